The minimum atomic E-state index is -3.51. The van der Waals surface area contributed by atoms with Crippen molar-refractivity contribution in [1.82, 2.24) is 18.8 Å². The molecule has 1 amide bonds. The highest BCUT2D eigenvalue weighted by atomic mass is 32.2. The summed E-state index contributed by atoms with van der Waals surface area (Å²) in [6, 6.07) is 7.47. The van der Waals surface area contributed by atoms with Crippen molar-refractivity contribution in [3.63, 3.8) is 0 Å². The molecule has 34 heavy (non-hydrogen) atoms. The molecule has 1 aromatic heterocycles. The van der Waals surface area contributed by atoms with Crippen molar-refractivity contribution < 1.29 is 18.3 Å². The monoisotopic (exact) mass is 486 g/mol. The van der Waals surface area contributed by atoms with Crippen molar-refractivity contribution in [2.75, 3.05) is 37.3 Å². The highest BCUT2D eigenvalue weighted by Crippen LogP contribution is 2.33. The fraction of sp³-hybridized carbons (Fsp3) is 0.522. The summed E-state index contributed by atoms with van der Waals surface area (Å²) in [5, 5.41) is 18.6. The number of nitriles is 1. The zero-order valence-electron chi connectivity index (χ0n) is 19.5. The number of carbonyl (C=O) groups is 1. The van der Waals surface area contributed by atoms with E-state index in [2.05, 4.69) is 16.0 Å². The number of carboxylic acid groups (broad SMARTS) is 1. The Kier molecular flexibility index (Phi) is 6.81. The molecule has 0 spiro atoms. The largest absolute Gasteiger partial charge is 0.465 e. The lowest BCUT2D eigenvalue weighted by Crippen LogP contribution is -2.52. The second kappa shape index (κ2) is 9.64. The quantitative estimate of drug-likeness (QED) is 0.661. The number of benzene rings is 1. The van der Waals surface area contributed by atoms with Gasteiger partial charge in [-0.1, -0.05) is 0 Å². The van der Waals surface area contributed by atoms with Gasteiger partial charge < -0.3 is 19.5 Å². The molecule has 2 aliphatic heterocycles. The number of aryl methyl sites for hydroxylation is 1. The van der Waals surface area contributed by atoms with Crippen molar-refractivity contribution in [2.24, 2.45) is 13.0 Å². The normalized spacial score (nSPS) is 19.2. The zero-order valence-corrected chi connectivity index (χ0v) is 20.3. The Hall–Kier alpha value is -3.10. The smallest absolute Gasteiger partial charge is 0.407 e. The number of rotatable bonds is 6. The van der Waals surface area contributed by atoms with Crippen molar-refractivity contribution in [3.8, 4) is 6.07 Å². The van der Waals surface area contributed by atoms with Gasteiger partial charge in [-0.2, -0.15) is 9.57 Å². The number of amides is 1. The van der Waals surface area contributed by atoms with Gasteiger partial charge in [0.25, 0.3) is 0 Å². The Bertz CT molecular complexity index is 1200. The fourth-order valence-electron chi connectivity index (χ4n) is 4.99. The van der Waals surface area contributed by atoms with Crippen molar-refractivity contribution in [1.29, 1.82) is 5.26 Å². The van der Waals surface area contributed by atoms with Gasteiger partial charge in [-0.25, -0.2) is 18.2 Å². The number of nitrogens with zero attached hydrogens (tertiary/aromatic N) is 6. The molecule has 2 aliphatic rings. The summed E-state index contributed by atoms with van der Waals surface area (Å²) in [6.07, 6.45) is 5.65. The van der Waals surface area contributed by atoms with Gasteiger partial charge >= 0.3 is 6.09 Å². The average molecular weight is 487 g/mol. The maximum Gasteiger partial charge on any atom is 0.407 e. The number of anilines is 1. The third kappa shape index (κ3) is 5.18. The van der Waals surface area contributed by atoms with E-state index in [-0.39, 0.29) is 12.0 Å². The summed E-state index contributed by atoms with van der Waals surface area (Å²) in [7, 11) is -1.59. The molecule has 1 saturated heterocycles. The van der Waals surface area contributed by atoms with Crippen LogP contribution in [0.15, 0.2) is 30.7 Å². The molecule has 0 radical (unpaired) electrons. The van der Waals surface area contributed by atoms with Gasteiger partial charge in [-0.3, -0.25) is 0 Å². The highest BCUT2D eigenvalue weighted by molar-refractivity contribution is 7.88. The van der Waals surface area contributed by atoms with Crippen molar-refractivity contribution >= 4 is 21.8 Å². The van der Waals surface area contributed by atoms with Crippen LogP contribution in [-0.4, -0.2) is 76.9 Å². The zero-order chi connectivity index (χ0) is 24.5. The molecular formula is C23H30N6O4S. The Morgan fingerprint density at radius 3 is 2.65 bits per heavy atom. The van der Waals surface area contributed by atoms with Crippen LogP contribution in [0.1, 0.15) is 29.7 Å². The van der Waals surface area contributed by atoms with E-state index in [9.17, 15) is 23.6 Å². The Morgan fingerprint density at radius 1 is 1.32 bits per heavy atom. The van der Waals surface area contributed by atoms with Crippen LogP contribution in [-0.2, 0) is 30.0 Å². The number of imidazole rings is 1. The minimum Gasteiger partial charge on any atom is -0.465 e. The lowest BCUT2D eigenvalue weighted by molar-refractivity contribution is 0.118. The summed E-state index contributed by atoms with van der Waals surface area (Å²) >= 11 is 0. The second-order valence-electron chi connectivity index (χ2n) is 9.24. The molecule has 1 N–H and O–H groups in total. The predicted octanol–water partition coefficient (Wildman–Crippen LogP) is 1.87. The molecule has 0 bridgehead atoms. The Balaban J connectivity index is 1.60. The van der Waals surface area contributed by atoms with Crippen LogP contribution >= 0.6 is 0 Å². The Morgan fingerprint density at radius 2 is 2.06 bits per heavy atom. The van der Waals surface area contributed by atoms with Crippen LogP contribution in [0, 0.1) is 17.2 Å². The van der Waals surface area contributed by atoms with Gasteiger partial charge in [-0.05, 0) is 48.9 Å². The molecule has 1 aromatic carbocycles. The number of hydrogen-bond donors (Lipinski definition) is 1. The molecule has 182 valence electrons. The molecule has 10 nitrogen and oxygen atoms in total. The summed E-state index contributed by atoms with van der Waals surface area (Å²) < 4.78 is 29.4. The first-order chi connectivity index (χ1) is 16.2. The topological polar surface area (TPSA) is 123 Å². The maximum atomic E-state index is 12.9. The Labute approximate surface area is 200 Å². The lowest BCUT2D eigenvalue weighted by Gasteiger charge is -2.42. The molecule has 2 aromatic rings. The molecule has 0 aliphatic carbocycles. The van der Waals surface area contributed by atoms with Crippen LogP contribution in [0.4, 0.5) is 10.5 Å². The lowest BCUT2D eigenvalue weighted by atomic mass is 9.93. The molecule has 0 saturated carbocycles. The first kappa shape index (κ1) is 24.0. The number of sulfonamides is 1. The van der Waals surface area contributed by atoms with E-state index in [1.807, 2.05) is 23.7 Å². The summed E-state index contributed by atoms with van der Waals surface area (Å²) in [4.78, 5) is 19.0. The van der Waals surface area contributed by atoms with Crippen LogP contribution < -0.4 is 4.90 Å². The first-order valence-corrected chi connectivity index (χ1v) is 13.2. The summed E-state index contributed by atoms with van der Waals surface area (Å²) in [5.74, 6) is 0.0997. The van der Waals surface area contributed by atoms with E-state index in [1.165, 1.54) is 11.2 Å². The van der Waals surface area contributed by atoms with E-state index in [0.29, 0.717) is 57.5 Å². The van der Waals surface area contributed by atoms with E-state index in [1.54, 1.807) is 22.9 Å². The second-order valence-corrected chi connectivity index (χ2v) is 11.2. The van der Waals surface area contributed by atoms with E-state index in [4.69, 9.17) is 0 Å². The molecule has 11 heteroatoms. The predicted molar refractivity (Wildman–Crippen MR) is 127 cm³/mol. The highest BCUT2D eigenvalue weighted by Gasteiger charge is 2.36. The maximum absolute atomic E-state index is 12.9. The molecular weight excluding hydrogens is 456 g/mol. The van der Waals surface area contributed by atoms with Crippen LogP contribution in [0.5, 0.6) is 0 Å². The van der Waals surface area contributed by atoms with Gasteiger partial charge in [0.05, 0.1) is 36.5 Å². The van der Waals surface area contributed by atoms with Gasteiger partial charge in [0.15, 0.2) is 0 Å². The van der Waals surface area contributed by atoms with Gasteiger partial charge in [0.1, 0.15) is 0 Å². The number of hydrogen-bond acceptors (Lipinski definition) is 6. The van der Waals surface area contributed by atoms with E-state index < -0.39 is 16.1 Å². The number of aromatic nitrogens is 2. The van der Waals surface area contributed by atoms with Gasteiger partial charge in [0, 0.05) is 51.2 Å². The van der Waals surface area contributed by atoms with Crippen LogP contribution in [0.3, 0.4) is 0 Å². The van der Waals surface area contributed by atoms with E-state index in [0.717, 1.165) is 16.9 Å². The molecule has 3 heterocycles. The van der Waals surface area contributed by atoms with Crippen LogP contribution in [0.2, 0.25) is 0 Å². The third-order valence-corrected chi connectivity index (χ3v) is 8.16. The minimum absolute atomic E-state index is 0.0997. The summed E-state index contributed by atoms with van der Waals surface area (Å²) in [6.45, 7) is 2.29. The SMILES string of the molecule is Cn1cncc1CN1CC(N(CC2CCN(C(=O)O)CC2)S(C)(=O)=O)Cc2cc(C#N)ccc21. The molecule has 1 atom stereocenters. The van der Waals surface area contributed by atoms with E-state index >= 15 is 0 Å². The van der Waals surface area contributed by atoms with Gasteiger partial charge in [-0.15, -0.1) is 0 Å². The van der Waals surface area contributed by atoms with Crippen LogP contribution in [0.25, 0.3) is 0 Å². The summed E-state index contributed by atoms with van der Waals surface area (Å²) in [5.41, 5.74) is 3.50. The number of likely N-dealkylation sites (tertiary alicyclic amines) is 1. The molecule has 4 rings (SSSR count). The van der Waals surface area contributed by atoms with Gasteiger partial charge in [0.2, 0.25) is 10.0 Å². The molecule has 1 unspecified atom stereocenters. The fourth-order valence-corrected chi connectivity index (χ4v) is 6.15. The molecule has 1 fully saturated rings. The van der Waals surface area contributed by atoms with Crippen molar-refractivity contribution in [3.05, 3.63) is 47.5 Å². The van der Waals surface area contributed by atoms with Crippen molar-refractivity contribution in [2.45, 2.75) is 31.8 Å². The number of piperidine rings is 1. The standard InChI is InChI=1S/C23H30N6O4S/c1-26-16-25-12-21(26)15-28-14-20(10-19-9-18(11-24)3-4-22(19)28)29(34(2,32)33)13-17-5-7-27(8-6-17)23(30)31/h3-4,9,12,16-17,20H,5-8,10,13-15H2,1-2H3,(H,30,31). The number of fused-ring (bicyclic) bond motifs is 1. The first-order valence-electron chi connectivity index (χ1n) is 11.3. The average Bonchev–Trinajstić information content (AvgIpc) is 3.20. The third-order valence-electron chi connectivity index (χ3n) is 6.86.